The molecule has 6 heteroatoms. The normalized spacial score (nSPS) is 16.4. The van der Waals surface area contributed by atoms with Crippen LogP contribution in [0.2, 0.25) is 0 Å². The van der Waals surface area contributed by atoms with Gasteiger partial charge in [0.25, 0.3) is 5.91 Å². The van der Waals surface area contributed by atoms with Crippen molar-refractivity contribution in [2.24, 2.45) is 5.92 Å². The summed E-state index contributed by atoms with van der Waals surface area (Å²) >= 11 is 1.62. The number of anilines is 1. The highest BCUT2D eigenvalue weighted by atomic mass is 32.1. The second-order valence-electron chi connectivity index (χ2n) is 7.11. The second-order valence-corrected chi connectivity index (χ2v) is 8.06. The van der Waals surface area contributed by atoms with Crippen LogP contribution in [-0.2, 0) is 4.79 Å². The topological polar surface area (TPSA) is 49.4 Å². The van der Waals surface area contributed by atoms with E-state index >= 15 is 0 Å². The minimum absolute atomic E-state index is 0.0781. The third kappa shape index (κ3) is 4.38. The Morgan fingerprint density at radius 2 is 1.83 bits per heavy atom. The van der Waals surface area contributed by atoms with Gasteiger partial charge in [-0.3, -0.25) is 9.59 Å². The molecule has 1 N–H and O–H groups in total. The van der Waals surface area contributed by atoms with Gasteiger partial charge in [-0.1, -0.05) is 24.3 Å². The molecule has 1 aromatic heterocycles. The third-order valence-corrected chi connectivity index (χ3v) is 6.05. The number of rotatable bonds is 4. The average molecular weight is 408 g/mol. The summed E-state index contributed by atoms with van der Waals surface area (Å²) in [7, 11) is 0. The zero-order chi connectivity index (χ0) is 20.2. The van der Waals surface area contributed by atoms with Crippen LogP contribution in [0.4, 0.5) is 10.1 Å². The monoisotopic (exact) mass is 408 g/mol. The summed E-state index contributed by atoms with van der Waals surface area (Å²) in [5, 5.41) is 5.06. The maximum Gasteiger partial charge on any atom is 0.253 e. The predicted octanol–water partition coefficient (Wildman–Crippen LogP) is 5.05. The number of benzene rings is 2. The SMILES string of the molecule is O=C(Nc1ccccc1-c1cccs1)C1CCCN(C(=O)c2ccc(F)cc2)C1. The van der Waals surface area contributed by atoms with Gasteiger partial charge >= 0.3 is 0 Å². The Kier molecular flexibility index (Phi) is 5.71. The highest BCUT2D eigenvalue weighted by Gasteiger charge is 2.29. The number of piperidine rings is 1. The van der Waals surface area contributed by atoms with E-state index in [2.05, 4.69) is 5.32 Å². The molecule has 0 bridgehead atoms. The zero-order valence-corrected chi connectivity index (χ0v) is 16.6. The van der Waals surface area contributed by atoms with E-state index in [-0.39, 0.29) is 23.5 Å². The van der Waals surface area contributed by atoms with Gasteiger partial charge in [0.05, 0.1) is 5.92 Å². The Morgan fingerprint density at radius 1 is 1.03 bits per heavy atom. The van der Waals surface area contributed by atoms with Crippen molar-refractivity contribution in [1.29, 1.82) is 0 Å². The summed E-state index contributed by atoms with van der Waals surface area (Å²) in [4.78, 5) is 28.4. The molecular formula is C23H21FN2O2S. The molecule has 1 saturated heterocycles. The Labute approximate surface area is 173 Å². The van der Waals surface area contributed by atoms with Crippen molar-refractivity contribution in [1.82, 2.24) is 4.90 Å². The molecule has 3 aromatic rings. The van der Waals surface area contributed by atoms with E-state index in [9.17, 15) is 14.0 Å². The van der Waals surface area contributed by atoms with E-state index in [0.717, 1.165) is 29.0 Å². The number of likely N-dealkylation sites (tertiary alicyclic amines) is 1. The van der Waals surface area contributed by atoms with E-state index in [0.29, 0.717) is 18.7 Å². The Balaban J connectivity index is 1.46. The molecule has 0 spiro atoms. The molecule has 1 fully saturated rings. The molecular weight excluding hydrogens is 387 g/mol. The first-order valence-electron chi connectivity index (χ1n) is 9.60. The number of hydrogen-bond donors (Lipinski definition) is 1. The molecule has 0 saturated carbocycles. The highest BCUT2D eigenvalue weighted by molar-refractivity contribution is 7.13. The minimum Gasteiger partial charge on any atom is -0.338 e. The Bertz CT molecular complexity index is 1000. The zero-order valence-electron chi connectivity index (χ0n) is 15.8. The van der Waals surface area contributed by atoms with Crippen LogP contribution in [0.15, 0.2) is 66.0 Å². The number of thiophene rings is 1. The number of para-hydroxylation sites is 1. The first-order valence-corrected chi connectivity index (χ1v) is 10.5. The van der Waals surface area contributed by atoms with E-state index in [4.69, 9.17) is 0 Å². The molecule has 1 unspecified atom stereocenters. The average Bonchev–Trinajstić information content (AvgIpc) is 3.29. The standard InChI is InChI=1S/C23H21FN2O2S/c24-18-11-9-16(10-12-18)23(28)26-13-3-5-17(15-26)22(27)25-20-7-2-1-6-19(20)21-8-4-14-29-21/h1-2,4,6-12,14,17H,3,5,13,15H2,(H,25,27). The van der Waals surface area contributed by atoms with Gasteiger partial charge in [0.1, 0.15) is 5.82 Å². The number of carbonyl (C=O) groups is 2. The van der Waals surface area contributed by atoms with Crippen molar-refractivity contribution in [3.8, 4) is 10.4 Å². The van der Waals surface area contributed by atoms with Crippen molar-refractivity contribution in [2.75, 3.05) is 18.4 Å². The Hall–Kier alpha value is -2.99. The van der Waals surface area contributed by atoms with Crippen molar-refractivity contribution in [3.63, 3.8) is 0 Å². The van der Waals surface area contributed by atoms with Crippen LogP contribution in [0.5, 0.6) is 0 Å². The smallest absolute Gasteiger partial charge is 0.253 e. The van der Waals surface area contributed by atoms with E-state index in [1.807, 2.05) is 41.8 Å². The summed E-state index contributed by atoms with van der Waals surface area (Å²) in [6.45, 7) is 0.967. The van der Waals surface area contributed by atoms with Crippen LogP contribution in [0, 0.1) is 11.7 Å². The van der Waals surface area contributed by atoms with Crippen molar-refractivity contribution in [3.05, 3.63) is 77.4 Å². The van der Waals surface area contributed by atoms with E-state index in [1.165, 1.54) is 24.3 Å². The first kappa shape index (κ1) is 19.3. The second kappa shape index (κ2) is 8.57. The first-order chi connectivity index (χ1) is 14.1. The fraction of sp³-hybridized carbons (Fsp3) is 0.217. The molecule has 1 aliphatic heterocycles. The molecule has 2 aromatic carbocycles. The lowest BCUT2D eigenvalue weighted by Crippen LogP contribution is -2.43. The van der Waals surface area contributed by atoms with Crippen LogP contribution in [0.1, 0.15) is 23.2 Å². The molecule has 1 aliphatic rings. The molecule has 0 aliphatic carbocycles. The van der Waals surface area contributed by atoms with Crippen molar-refractivity contribution >= 4 is 28.8 Å². The largest absolute Gasteiger partial charge is 0.338 e. The van der Waals surface area contributed by atoms with Crippen LogP contribution in [0.3, 0.4) is 0 Å². The highest BCUT2D eigenvalue weighted by Crippen LogP contribution is 2.32. The molecule has 2 amide bonds. The quantitative estimate of drug-likeness (QED) is 0.657. The fourth-order valence-electron chi connectivity index (χ4n) is 3.62. The number of carbonyl (C=O) groups excluding carboxylic acids is 2. The van der Waals surface area contributed by atoms with E-state index < -0.39 is 0 Å². The van der Waals surface area contributed by atoms with Crippen molar-refractivity contribution < 1.29 is 14.0 Å². The number of nitrogens with one attached hydrogen (secondary N) is 1. The van der Waals surface area contributed by atoms with Crippen LogP contribution in [-0.4, -0.2) is 29.8 Å². The van der Waals surface area contributed by atoms with Gasteiger partial charge in [-0.15, -0.1) is 11.3 Å². The Morgan fingerprint density at radius 3 is 2.59 bits per heavy atom. The molecule has 1 atom stereocenters. The molecule has 4 rings (SSSR count). The predicted molar refractivity (Wildman–Crippen MR) is 113 cm³/mol. The summed E-state index contributed by atoms with van der Waals surface area (Å²) in [5.41, 5.74) is 2.21. The lowest BCUT2D eigenvalue weighted by atomic mass is 9.96. The lowest BCUT2D eigenvalue weighted by Gasteiger charge is -2.32. The van der Waals surface area contributed by atoms with Gasteiger partial charge in [-0.25, -0.2) is 4.39 Å². The van der Waals surface area contributed by atoms with Gasteiger partial charge in [0.15, 0.2) is 0 Å². The van der Waals surface area contributed by atoms with E-state index in [1.54, 1.807) is 16.2 Å². The maximum atomic E-state index is 13.1. The summed E-state index contributed by atoms with van der Waals surface area (Å²) in [5.74, 6) is -0.890. The number of hydrogen-bond acceptors (Lipinski definition) is 3. The minimum atomic E-state index is -0.373. The van der Waals surface area contributed by atoms with Gasteiger partial charge < -0.3 is 10.2 Å². The van der Waals surface area contributed by atoms with Crippen LogP contribution >= 0.6 is 11.3 Å². The summed E-state index contributed by atoms with van der Waals surface area (Å²) in [6, 6.07) is 17.3. The number of halogens is 1. The van der Waals surface area contributed by atoms with Crippen LogP contribution in [0.25, 0.3) is 10.4 Å². The van der Waals surface area contributed by atoms with Gasteiger partial charge in [-0.05, 0) is 54.6 Å². The summed E-state index contributed by atoms with van der Waals surface area (Å²) in [6.07, 6.45) is 1.50. The number of nitrogens with zero attached hydrogens (tertiary/aromatic N) is 1. The maximum absolute atomic E-state index is 13.1. The molecule has 2 heterocycles. The third-order valence-electron chi connectivity index (χ3n) is 5.14. The summed E-state index contributed by atoms with van der Waals surface area (Å²) < 4.78 is 13.1. The molecule has 4 nitrogen and oxygen atoms in total. The number of amides is 2. The fourth-order valence-corrected chi connectivity index (χ4v) is 4.39. The van der Waals surface area contributed by atoms with Gasteiger partial charge in [0, 0.05) is 34.8 Å². The van der Waals surface area contributed by atoms with Crippen molar-refractivity contribution in [2.45, 2.75) is 12.8 Å². The lowest BCUT2D eigenvalue weighted by molar-refractivity contribution is -0.121. The molecule has 29 heavy (non-hydrogen) atoms. The molecule has 0 radical (unpaired) electrons. The van der Waals surface area contributed by atoms with Gasteiger partial charge in [-0.2, -0.15) is 0 Å². The van der Waals surface area contributed by atoms with Gasteiger partial charge in [0.2, 0.25) is 5.91 Å². The molecule has 148 valence electrons. The van der Waals surface area contributed by atoms with Crippen LogP contribution < -0.4 is 5.32 Å².